The molecule has 0 spiro atoms. The molecule has 1 aromatic carbocycles. The quantitative estimate of drug-likeness (QED) is 0.797. The van der Waals surface area contributed by atoms with Gasteiger partial charge in [-0.3, -0.25) is 0 Å². The maximum atomic E-state index is 6.00. The molecule has 0 bridgehead atoms. The van der Waals surface area contributed by atoms with Crippen LogP contribution in [0, 0.1) is 13.8 Å². The molecule has 0 aliphatic heterocycles. The molecular weight excluding hydrogens is 280 g/mol. The molecule has 0 fully saturated rings. The predicted octanol–water partition coefficient (Wildman–Crippen LogP) is 4.04. The van der Waals surface area contributed by atoms with Crippen LogP contribution in [0.15, 0.2) is 34.2 Å². The van der Waals surface area contributed by atoms with Gasteiger partial charge in [0.1, 0.15) is 16.8 Å². The Labute approximate surface area is 122 Å². The highest BCUT2D eigenvalue weighted by molar-refractivity contribution is 7.99. The minimum atomic E-state index is 0.362. The molecule has 100 valence electrons. The van der Waals surface area contributed by atoms with Crippen molar-refractivity contribution in [2.45, 2.75) is 30.4 Å². The summed E-state index contributed by atoms with van der Waals surface area (Å²) in [6.45, 7) is 4.54. The first-order chi connectivity index (χ1) is 9.08. The van der Waals surface area contributed by atoms with E-state index in [4.69, 9.17) is 16.3 Å². The standard InChI is InChI=1S/C14H15ClN2OS/c1-9-4-5-11(10(2)6-9)19-14-7-12(15)16-13(17-14)8-18-3/h4-7H,8H2,1-3H3. The summed E-state index contributed by atoms with van der Waals surface area (Å²) in [4.78, 5) is 9.71. The molecule has 0 saturated heterocycles. The van der Waals surface area contributed by atoms with Crippen LogP contribution < -0.4 is 0 Å². The predicted molar refractivity (Wildman–Crippen MR) is 77.8 cm³/mol. The van der Waals surface area contributed by atoms with Crippen molar-refractivity contribution in [2.75, 3.05) is 7.11 Å². The van der Waals surface area contributed by atoms with Crippen molar-refractivity contribution < 1.29 is 4.74 Å². The van der Waals surface area contributed by atoms with Crippen LogP contribution >= 0.6 is 23.4 Å². The second kappa shape index (κ2) is 6.37. The number of methoxy groups -OCH3 is 1. The van der Waals surface area contributed by atoms with Gasteiger partial charge in [0, 0.05) is 18.1 Å². The normalized spacial score (nSPS) is 10.7. The average molecular weight is 295 g/mol. The van der Waals surface area contributed by atoms with Gasteiger partial charge in [-0.05, 0) is 25.5 Å². The molecule has 0 amide bonds. The number of aryl methyl sites for hydroxylation is 2. The highest BCUT2D eigenvalue weighted by Gasteiger charge is 2.07. The Balaban J connectivity index is 2.27. The molecule has 2 rings (SSSR count). The molecule has 0 aliphatic rings. The largest absolute Gasteiger partial charge is 0.377 e. The molecule has 0 atom stereocenters. The summed E-state index contributed by atoms with van der Waals surface area (Å²) in [7, 11) is 1.61. The van der Waals surface area contributed by atoms with E-state index >= 15 is 0 Å². The van der Waals surface area contributed by atoms with Crippen molar-refractivity contribution in [3.05, 3.63) is 46.4 Å². The molecule has 0 radical (unpaired) electrons. The van der Waals surface area contributed by atoms with Crippen LogP contribution in [0.2, 0.25) is 5.15 Å². The van der Waals surface area contributed by atoms with E-state index in [1.807, 2.05) is 0 Å². The summed E-state index contributed by atoms with van der Waals surface area (Å²) in [5.74, 6) is 0.599. The van der Waals surface area contributed by atoms with Gasteiger partial charge < -0.3 is 4.74 Å². The van der Waals surface area contributed by atoms with Crippen molar-refractivity contribution in [3.63, 3.8) is 0 Å². The lowest BCUT2D eigenvalue weighted by Gasteiger charge is -2.07. The van der Waals surface area contributed by atoms with Gasteiger partial charge in [-0.2, -0.15) is 0 Å². The maximum Gasteiger partial charge on any atom is 0.156 e. The van der Waals surface area contributed by atoms with Gasteiger partial charge in [-0.1, -0.05) is 41.1 Å². The maximum absolute atomic E-state index is 6.00. The molecule has 1 heterocycles. The van der Waals surface area contributed by atoms with Gasteiger partial charge in [0.2, 0.25) is 0 Å². The summed E-state index contributed by atoms with van der Waals surface area (Å²) >= 11 is 7.58. The van der Waals surface area contributed by atoms with Gasteiger partial charge in [0.15, 0.2) is 5.82 Å². The SMILES string of the molecule is COCc1nc(Cl)cc(Sc2ccc(C)cc2C)n1. The van der Waals surface area contributed by atoms with E-state index in [9.17, 15) is 0 Å². The topological polar surface area (TPSA) is 35.0 Å². The van der Waals surface area contributed by atoms with E-state index in [2.05, 4.69) is 42.0 Å². The Morgan fingerprint density at radius 3 is 2.68 bits per heavy atom. The van der Waals surface area contributed by atoms with Crippen LogP contribution in [-0.2, 0) is 11.3 Å². The summed E-state index contributed by atoms with van der Waals surface area (Å²) in [5, 5.41) is 1.27. The highest BCUT2D eigenvalue weighted by atomic mass is 35.5. The smallest absolute Gasteiger partial charge is 0.156 e. The van der Waals surface area contributed by atoms with E-state index < -0.39 is 0 Å². The van der Waals surface area contributed by atoms with Crippen molar-refractivity contribution >= 4 is 23.4 Å². The monoisotopic (exact) mass is 294 g/mol. The second-order valence-electron chi connectivity index (χ2n) is 4.25. The lowest BCUT2D eigenvalue weighted by atomic mass is 10.2. The molecule has 2 aromatic rings. The van der Waals surface area contributed by atoms with E-state index in [1.165, 1.54) is 16.0 Å². The molecule has 0 saturated carbocycles. The summed E-state index contributed by atoms with van der Waals surface area (Å²) in [6.07, 6.45) is 0. The first-order valence-electron chi connectivity index (χ1n) is 5.86. The van der Waals surface area contributed by atoms with Gasteiger partial charge in [0.25, 0.3) is 0 Å². The fourth-order valence-corrected chi connectivity index (χ4v) is 2.88. The molecule has 19 heavy (non-hydrogen) atoms. The molecule has 3 nitrogen and oxygen atoms in total. The molecule has 1 aromatic heterocycles. The number of hydrogen-bond donors (Lipinski definition) is 0. The number of aromatic nitrogens is 2. The fourth-order valence-electron chi connectivity index (χ4n) is 1.71. The van der Waals surface area contributed by atoms with Gasteiger partial charge in [0.05, 0.1) is 0 Å². The van der Waals surface area contributed by atoms with Crippen LogP contribution in [-0.4, -0.2) is 17.1 Å². The zero-order chi connectivity index (χ0) is 13.8. The van der Waals surface area contributed by atoms with E-state index in [1.54, 1.807) is 24.9 Å². The Morgan fingerprint density at radius 2 is 2.00 bits per heavy atom. The number of ether oxygens (including phenoxy) is 1. The number of rotatable bonds is 4. The first-order valence-corrected chi connectivity index (χ1v) is 7.05. The molecule has 0 unspecified atom stereocenters. The molecule has 5 heteroatoms. The lowest BCUT2D eigenvalue weighted by molar-refractivity contribution is 0.177. The van der Waals surface area contributed by atoms with Gasteiger partial charge in [-0.25, -0.2) is 9.97 Å². The fraction of sp³-hybridized carbons (Fsp3) is 0.286. The number of hydrogen-bond acceptors (Lipinski definition) is 4. The van der Waals surface area contributed by atoms with E-state index in [-0.39, 0.29) is 0 Å². The van der Waals surface area contributed by atoms with Gasteiger partial charge >= 0.3 is 0 Å². The van der Waals surface area contributed by atoms with Crippen LogP contribution in [0.3, 0.4) is 0 Å². The van der Waals surface area contributed by atoms with Crippen molar-refractivity contribution in [1.29, 1.82) is 0 Å². The minimum absolute atomic E-state index is 0.362. The van der Waals surface area contributed by atoms with Crippen LogP contribution in [0.4, 0.5) is 0 Å². The number of halogens is 1. The van der Waals surface area contributed by atoms with Crippen molar-refractivity contribution in [1.82, 2.24) is 9.97 Å². The van der Waals surface area contributed by atoms with Crippen LogP contribution in [0.5, 0.6) is 0 Å². The zero-order valence-corrected chi connectivity index (χ0v) is 12.7. The Hall–Kier alpha value is -1.10. The average Bonchev–Trinajstić information content (AvgIpc) is 2.32. The van der Waals surface area contributed by atoms with E-state index in [0.29, 0.717) is 17.6 Å². The number of nitrogens with zero attached hydrogens (tertiary/aromatic N) is 2. The minimum Gasteiger partial charge on any atom is -0.377 e. The molecular formula is C14H15ClN2OS. The molecule has 0 aliphatic carbocycles. The zero-order valence-electron chi connectivity index (χ0n) is 11.1. The third-order valence-corrected chi connectivity index (χ3v) is 3.83. The van der Waals surface area contributed by atoms with E-state index in [0.717, 1.165) is 5.03 Å². The highest BCUT2D eigenvalue weighted by Crippen LogP contribution is 2.30. The number of benzene rings is 1. The van der Waals surface area contributed by atoms with Crippen molar-refractivity contribution in [3.8, 4) is 0 Å². The Bertz CT molecular complexity index is 590. The Morgan fingerprint density at radius 1 is 1.21 bits per heavy atom. The van der Waals surface area contributed by atoms with Crippen LogP contribution in [0.1, 0.15) is 17.0 Å². The first kappa shape index (κ1) is 14.3. The Kier molecular flexibility index (Phi) is 4.80. The van der Waals surface area contributed by atoms with Gasteiger partial charge in [-0.15, -0.1) is 0 Å². The second-order valence-corrected chi connectivity index (χ2v) is 5.70. The summed E-state index contributed by atoms with van der Waals surface area (Å²) in [6, 6.07) is 8.11. The summed E-state index contributed by atoms with van der Waals surface area (Å²) < 4.78 is 5.03. The lowest BCUT2D eigenvalue weighted by Crippen LogP contribution is -1.98. The van der Waals surface area contributed by atoms with Crippen LogP contribution in [0.25, 0.3) is 0 Å². The third kappa shape index (κ3) is 3.93. The van der Waals surface area contributed by atoms with Crippen molar-refractivity contribution in [2.24, 2.45) is 0 Å². The summed E-state index contributed by atoms with van der Waals surface area (Å²) in [5.41, 5.74) is 2.48. The molecule has 0 N–H and O–H groups in total. The third-order valence-electron chi connectivity index (χ3n) is 2.54.